The maximum Gasteiger partial charge on any atom is 0.318 e. The first-order valence-electron chi connectivity index (χ1n) is 5.45. The van der Waals surface area contributed by atoms with Crippen molar-refractivity contribution in [3.63, 3.8) is 0 Å². The molecule has 2 fully saturated rings. The number of methoxy groups -OCH3 is 1. The molecule has 0 spiro atoms. The molecule has 0 saturated carbocycles. The van der Waals surface area contributed by atoms with E-state index < -0.39 is 0 Å². The van der Waals surface area contributed by atoms with E-state index in [0.29, 0.717) is 6.04 Å². The van der Waals surface area contributed by atoms with Crippen molar-refractivity contribution in [3.05, 3.63) is 0 Å². The Morgan fingerprint density at radius 1 is 1.47 bits per heavy atom. The van der Waals surface area contributed by atoms with Crippen molar-refractivity contribution in [2.75, 3.05) is 39.0 Å². The van der Waals surface area contributed by atoms with Crippen LogP contribution in [0.3, 0.4) is 0 Å². The Hall–Kier alpha value is -0.260. The fraction of sp³-hybridized carbons (Fsp3) is 0.900. The maximum atomic E-state index is 11.4. The first kappa shape index (κ1) is 11.2. The van der Waals surface area contributed by atoms with Gasteiger partial charge in [0.2, 0.25) is 0 Å². The van der Waals surface area contributed by atoms with Crippen LogP contribution in [0.2, 0.25) is 0 Å². The van der Waals surface area contributed by atoms with Crippen LogP contribution in [0.25, 0.3) is 0 Å². The van der Waals surface area contributed by atoms with Crippen molar-refractivity contribution in [3.8, 4) is 0 Å². The summed E-state index contributed by atoms with van der Waals surface area (Å²) in [5.74, 6) is 1.01. The van der Waals surface area contributed by atoms with Crippen LogP contribution in [0.15, 0.2) is 0 Å². The predicted molar refractivity (Wildman–Crippen MR) is 61.1 cm³/mol. The molecule has 2 unspecified atom stereocenters. The molecule has 0 aromatic rings. The molecule has 0 aromatic heterocycles. The minimum absolute atomic E-state index is 0.0577. The molecule has 0 bridgehead atoms. The normalized spacial score (nSPS) is 32.9. The van der Waals surface area contributed by atoms with E-state index in [0.717, 1.165) is 38.4 Å². The van der Waals surface area contributed by atoms with Crippen molar-refractivity contribution >= 4 is 17.7 Å². The molecule has 5 heteroatoms. The van der Waals surface area contributed by atoms with Crippen molar-refractivity contribution in [2.45, 2.75) is 17.7 Å². The highest BCUT2D eigenvalue weighted by Crippen LogP contribution is 2.30. The number of nitrogens with zero attached hydrogens (tertiary/aromatic N) is 1. The van der Waals surface area contributed by atoms with Gasteiger partial charge in [-0.1, -0.05) is 0 Å². The van der Waals surface area contributed by atoms with Gasteiger partial charge in [-0.25, -0.2) is 0 Å². The topological polar surface area (TPSA) is 41.6 Å². The number of esters is 1. The Bertz CT molecular complexity index is 231. The van der Waals surface area contributed by atoms with Crippen LogP contribution in [-0.2, 0) is 9.53 Å². The summed E-state index contributed by atoms with van der Waals surface area (Å²) in [6.45, 7) is 4.37. The summed E-state index contributed by atoms with van der Waals surface area (Å²) in [7, 11) is 1.47. The SMILES string of the molecule is COC(=O)C1CC(N2CCNCC2)CS1. The molecule has 2 aliphatic rings. The zero-order valence-corrected chi connectivity index (χ0v) is 9.89. The minimum atomic E-state index is -0.0577. The van der Waals surface area contributed by atoms with Gasteiger partial charge < -0.3 is 10.1 Å². The molecular formula is C10H18N2O2S. The molecule has 4 nitrogen and oxygen atoms in total. The Morgan fingerprint density at radius 2 is 2.20 bits per heavy atom. The molecule has 15 heavy (non-hydrogen) atoms. The monoisotopic (exact) mass is 230 g/mol. The summed E-state index contributed by atoms with van der Waals surface area (Å²) in [6, 6.07) is 0.571. The molecule has 1 N–H and O–H groups in total. The van der Waals surface area contributed by atoms with Crippen LogP contribution >= 0.6 is 11.8 Å². The van der Waals surface area contributed by atoms with Gasteiger partial charge in [0.25, 0.3) is 0 Å². The first-order chi connectivity index (χ1) is 7.31. The lowest BCUT2D eigenvalue weighted by molar-refractivity contribution is -0.140. The summed E-state index contributed by atoms with van der Waals surface area (Å²) in [6.07, 6.45) is 0.956. The zero-order chi connectivity index (χ0) is 10.7. The molecular weight excluding hydrogens is 212 g/mol. The molecule has 86 valence electrons. The van der Waals surface area contributed by atoms with Crippen molar-refractivity contribution in [2.24, 2.45) is 0 Å². The van der Waals surface area contributed by atoms with E-state index in [1.54, 1.807) is 11.8 Å². The van der Waals surface area contributed by atoms with E-state index in [1.165, 1.54) is 7.11 Å². The molecule has 2 rings (SSSR count). The number of hydrogen-bond donors (Lipinski definition) is 1. The van der Waals surface area contributed by atoms with Crippen LogP contribution in [-0.4, -0.2) is 61.2 Å². The summed E-state index contributed by atoms with van der Waals surface area (Å²) in [5, 5.41) is 3.41. The summed E-state index contributed by atoms with van der Waals surface area (Å²) in [5.41, 5.74) is 0. The first-order valence-corrected chi connectivity index (χ1v) is 6.50. The molecule has 0 radical (unpaired) electrons. The second kappa shape index (κ2) is 5.18. The van der Waals surface area contributed by atoms with E-state index in [1.807, 2.05) is 0 Å². The number of rotatable bonds is 2. The van der Waals surface area contributed by atoms with Gasteiger partial charge in [-0.05, 0) is 6.42 Å². The van der Waals surface area contributed by atoms with Crippen LogP contribution in [0.1, 0.15) is 6.42 Å². The van der Waals surface area contributed by atoms with Crippen LogP contribution in [0.4, 0.5) is 0 Å². The fourth-order valence-corrected chi connectivity index (χ4v) is 3.60. The second-order valence-corrected chi connectivity index (χ2v) is 5.26. The molecule has 0 amide bonds. The summed E-state index contributed by atoms with van der Waals surface area (Å²) < 4.78 is 4.78. The van der Waals surface area contributed by atoms with E-state index in [2.05, 4.69) is 10.2 Å². The minimum Gasteiger partial charge on any atom is -0.468 e. The highest BCUT2D eigenvalue weighted by Gasteiger charge is 2.34. The highest BCUT2D eigenvalue weighted by atomic mass is 32.2. The van der Waals surface area contributed by atoms with E-state index in [9.17, 15) is 4.79 Å². The Balaban J connectivity index is 1.83. The van der Waals surface area contributed by atoms with Gasteiger partial charge in [-0.15, -0.1) is 11.8 Å². The standard InChI is InChI=1S/C10H18N2O2S/c1-14-10(13)9-6-8(7-15-9)12-4-2-11-3-5-12/h8-9,11H,2-7H2,1H3. The molecule has 2 aliphatic heterocycles. The van der Waals surface area contributed by atoms with Gasteiger partial charge in [0.1, 0.15) is 5.25 Å². The number of nitrogens with one attached hydrogen (secondary N) is 1. The molecule has 0 aliphatic carbocycles. The van der Waals surface area contributed by atoms with Gasteiger partial charge >= 0.3 is 5.97 Å². The van der Waals surface area contributed by atoms with Gasteiger partial charge in [0.15, 0.2) is 0 Å². The quantitative estimate of drug-likeness (QED) is 0.673. The molecule has 0 aromatic carbocycles. The molecule has 2 atom stereocenters. The van der Waals surface area contributed by atoms with Crippen molar-refractivity contribution < 1.29 is 9.53 Å². The number of ether oxygens (including phenoxy) is 1. The summed E-state index contributed by atoms with van der Waals surface area (Å²) in [4.78, 5) is 13.9. The number of carbonyl (C=O) groups is 1. The van der Waals surface area contributed by atoms with Crippen molar-refractivity contribution in [1.29, 1.82) is 0 Å². The number of hydrogen-bond acceptors (Lipinski definition) is 5. The van der Waals surface area contributed by atoms with E-state index in [4.69, 9.17) is 4.74 Å². The molecule has 2 heterocycles. The van der Waals surface area contributed by atoms with Crippen LogP contribution in [0, 0.1) is 0 Å². The van der Waals surface area contributed by atoms with Gasteiger partial charge in [-0.2, -0.15) is 0 Å². The largest absolute Gasteiger partial charge is 0.468 e. The lowest BCUT2D eigenvalue weighted by Crippen LogP contribution is -2.48. The highest BCUT2D eigenvalue weighted by molar-refractivity contribution is 8.00. The van der Waals surface area contributed by atoms with Gasteiger partial charge in [0.05, 0.1) is 7.11 Å². The van der Waals surface area contributed by atoms with Crippen molar-refractivity contribution in [1.82, 2.24) is 10.2 Å². The Kier molecular flexibility index (Phi) is 3.88. The van der Waals surface area contributed by atoms with Gasteiger partial charge in [0, 0.05) is 38.0 Å². The Morgan fingerprint density at radius 3 is 2.87 bits per heavy atom. The predicted octanol–water partition coefficient (Wildman–Crippen LogP) is -0.0613. The fourth-order valence-electron chi connectivity index (χ4n) is 2.21. The lowest BCUT2D eigenvalue weighted by atomic mass is 10.1. The third-order valence-electron chi connectivity index (χ3n) is 3.11. The van der Waals surface area contributed by atoms with E-state index >= 15 is 0 Å². The third-order valence-corrected chi connectivity index (χ3v) is 4.47. The van der Waals surface area contributed by atoms with E-state index in [-0.39, 0.29) is 11.2 Å². The lowest BCUT2D eigenvalue weighted by Gasteiger charge is -2.32. The number of carbonyl (C=O) groups excluding carboxylic acids is 1. The molecule has 2 saturated heterocycles. The average molecular weight is 230 g/mol. The zero-order valence-electron chi connectivity index (χ0n) is 9.07. The number of piperazine rings is 1. The van der Waals surface area contributed by atoms with Crippen LogP contribution < -0.4 is 5.32 Å². The van der Waals surface area contributed by atoms with Crippen LogP contribution in [0.5, 0.6) is 0 Å². The number of thioether (sulfide) groups is 1. The summed E-state index contributed by atoms with van der Waals surface area (Å²) >= 11 is 1.74. The third kappa shape index (κ3) is 2.65. The second-order valence-electron chi connectivity index (χ2n) is 4.02. The van der Waals surface area contributed by atoms with Gasteiger partial charge in [-0.3, -0.25) is 9.69 Å². The Labute approximate surface area is 94.7 Å². The average Bonchev–Trinajstić information content (AvgIpc) is 2.78. The maximum absolute atomic E-state index is 11.4. The smallest absolute Gasteiger partial charge is 0.318 e.